The zero-order valence-corrected chi connectivity index (χ0v) is 10.5. The van der Waals surface area contributed by atoms with Gasteiger partial charge in [0.2, 0.25) is 0 Å². The van der Waals surface area contributed by atoms with Crippen LogP contribution in [0.3, 0.4) is 0 Å². The first-order valence-corrected chi connectivity index (χ1v) is 5.90. The topological polar surface area (TPSA) is 80.9 Å². The SMILES string of the molecule is CC(O)(c1ccc(O)cc1)C(O)c1ccc(O)cc1. The molecular weight excluding hydrogens is 244 g/mol. The highest BCUT2D eigenvalue weighted by Gasteiger charge is 2.33. The zero-order valence-electron chi connectivity index (χ0n) is 10.5. The van der Waals surface area contributed by atoms with Crippen LogP contribution < -0.4 is 0 Å². The second-order valence-electron chi connectivity index (χ2n) is 4.69. The lowest BCUT2D eigenvalue weighted by Crippen LogP contribution is -2.29. The highest BCUT2D eigenvalue weighted by atomic mass is 16.3. The predicted octanol–water partition coefficient (Wildman–Crippen LogP) is 2.04. The van der Waals surface area contributed by atoms with E-state index < -0.39 is 11.7 Å². The molecule has 0 fully saturated rings. The number of aliphatic hydroxyl groups excluding tert-OH is 1. The fourth-order valence-electron chi connectivity index (χ4n) is 1.94. The van der Waals surface area contributed by atoms with Crippen molar-refractivity contribution in [1.82, 2.24) is 0 Å². The van der Waals surface area contributed by atoms with E-state index in [-0.39, 0.29) is 11.5 Å². The Morgan fingerprint density at radius 2 is 1.26 bits per heavy atom. The number of phenolic OH excluding ortho intramolecular Hbond substituents is 2. The molecule has 0 aliphatic heterocycles. The highest BCUT2D eigenvalue weighted by Crippen LogP contribution is 2.35. The molecule has 0 saturated heterocycles. The highest BCUT2D eigenvalue weighted by molar-refractivity contribution is 5.34. The van der Waals surface area contributed by atoms with Crippen LogP contribution in [0.25, 0.3) is 0 Å². The van der Waals surface area contributed by atoms with Crippen LogP contribution in [0.2, 0.25) is 0 Å². The largest absolute Gasteiger partial charge is 0.508 e. The molecule has 2 rings (SSSR count). The summed E-state index contributed by atoms with van der Waals surface area (Å²) in [4.78, 5) is 0. The fraction of sp³-hybridized carbons (Fsp3) is 0.200. The Hall–Kier alpha value is -2.04. The van der Waals surface area contributed by atoms with E-state index in [1.807, 2.05) is 0 Å². The number of aliphatic hydroxyl groups is 2. The maximum absolute atomic E-state index is 10.5. The molecule has 0 spiro atoms. The predicted molar refractivity (Wildman–Crippen MR) is 70.7 cm³/mol. The van der Waals surface area contributed by atoms with Crippen molar-refractivity contribution >= 4 is 0 Å². The third-order valence-electron chi connectivity index (χ3n) is 3.19. The first-order valence-electron chi connectivity index (χ1n) is 5.90. The zero-order chi connectivity index (χ0) is 14.0. The summed E-state index contributed by atoms with van der Waals surface area (Å²) in [5, 5.41) is 39.2. The van der Waals surface area contributed by atoms with Crippen molar-refractivity contribution in [2.75, 3.05) is 0 Å². The lowest BCUT2D eigenvalue weighted by atomic mass is 9.86. The quantitative estimate of drug-likeness (QED) is 0.680. The van der Waals surface area contributed by atoms with Gasteiger partial charge in [-0.2, -0.15) is 0 Å². The van der Waals surface area contributed by atoms with E-state index >= 15 is 0 Å². The maximum Gasteiger partial charge on any atom is 0.117 e. The van der Waals surface area contributed by atoms with Crippen LogP contribution in [0.15, 0.2) is 48.5 Å². The van der Waals surface area contributed by atoms with Gasteiger partial charge in [-0.3, -0.25) is 0 Å². The summed E-state index contributed by atoms with van der Waals surface area (Å²) in [5.74, 6) is 0.193. The second-order valence-corrected chi connectivity index (χ2v) is 4.69. The number of phenols is 2. The van der Waals surface area contributed by atoms with Crippen LogP contribution in [0.1, 0.15) is 24.2 Å². The average Bonchev–Trinajstić information content (AvgIpc) is 2.39. The van der Waals surface area contributed by atoms with Crippen molar-refractivity contribution in [3.8, 4) is 11.5 Å². The van der Waals surface area contributed by atoms with Crippen molar-refractivity contribution in [2.45, 2.75) is 18.6 Å². The summed E-state index contributed by atoms with van der Waals surface area (Å²) in [5.41, 5.74) is -0.508. The smallest absolute Gasteiger partial charge is 0.117 e. The van der Waals surface area contributed by atoms with Gasteiger partial charge in [0, 0.05) is 0 Å². The van der Waals surface area contributed by atoms with Crippen LogP contribution in [0.4, 0.5) is 0 Å². The van der Waals surface area contributed by atoms with Crippen molar-refractivity contribution < 1.29 is 20.4 Å². The lowest BCUT2D eigenvalue weighted by Gasteiger charge is -2.30. The van der Waals surface area contributed by atoms with E-state index in [9.17, 15) is 20.4 Å². The van der Waals surface area contributed by atoms with E-state index in [0.717, 1.165) is 0 Å². The molecule has 0 saturated carbocycles. The van der Waals surface area contributed by atoms with Crippen LogP contribution in [0.5, 0.6) is 11.5 Å². The van der Waals surface area contributed by atoms with Gasteiger partial charge < -0.3 is 20.4 Å². The normalized spacial score (nSPS) is 15.7. The average molecular weight is 260 g/mol. The number of rotatable bonds is 3. The van der Waals surface area contributed by atoms with Gasteiger partial charge in [-0.15, -0.1) is 0 Å². The Morgan fingerprint density at radius 1 is 0.842 bits per heavy atom. The molecular formula is C15H16O4. The number of hydrogen-bond donors (Lipinski definition) is 4. The molecule has 100 valence electrons. The third-order valence-corrected chi connectivity index (χ3v) is 3.19. The molecule has 0 amide bonds. The molecule has 0 radical (unpaired) electrons. The number of benzene rings is 2. The van der Waals surface area contributed by atoms with Crippen LogP contribution in [0, 0.1) is 0 Å². The van der Waals surface area contributed by atoms with Gasteiger partial charge in [0.25, 0.3) is 0 Å². The Labute approximate surface area is 111 Å². The molecule has 4 nitrogen and oxygen atoms in total. The summed E-state index contributed by atoms with van der Waals surface area (Å²) in [6, 6.07) is 12.0. The van der Waals surface area contributed by atoms with Crippen molar-refractivity contribution in [1.29, 1.82) is 0 Å². The van der Waals surface area contributed by atoms with Crippen molar-refractivity contribution in [3.05, 3.63) is 59.7 Å². The molecule has 19 heavy (non-hydrogen) atoms. The molecule has 2 aromatic rings. The summed E-state index contributed by atoms with van der Waals surface area (Å²) < 4.78 is 0. The van der Waals surface area contributed by atoms with E-state index in [2.05, 4.69) is 0 Å². The second kappa shape index (κ2) is 4.91. The van der Waals surface area contributed by atoms with Gasteiger partial charge in [0.05, 0.1) is 0 Å². The molecule has 2 aromatic carbocycles. The Morgan fingerprint density at radius 3 is 1.74 bits per heavy atom. The van der Waals surface area contributed by atoms with Gasteiger partial charge >= 0.3 is 0 Å². The first kappa shape index (κ1) is 13.4. The molecule has 4 heteroatoms. The third kappa shape index (κ3) is 2.70. The van der Waals surface area contributed by atoms with Gasteiger partial charge in [-0.1, -0.05) is 24.3 Å². The molecule has 0 heterocycles. The van der Waals surface area contributed by atoms with E-state index in [4.69, 9.17) is 0 Å². The maximum atomic E-state index is 10.5. The molecule has 0 aliphatic rings. The monoisotopic (exact) mass is 260 g/mol. The number of hydrogen-bond acceptors (Lipinski definition) is 4. The van der Waals surface area contributed by atoms with Crippen molar-refractivity contribution in [2.24, 2.45) is 0 Å². The van der Waals surface area contributed by atoms with Gasteiger partial charge in [0.15, 0.2) is 0 Å². The van der Waals surface area contributed by atoms with E-state index in [1.54, 1.807) is 24.3 Å². The Balaban J connectivity index is 2.32. The Bertz CT molecular complexity index is 543. The van der Waals surface area contributed by atoms with Crippen molar-refractivity contribution in [3.63, 3.8) is 0 Å². The summed E-state index contributed by atoms with van der Waals surface area (Å²) in [6.45, 7) is 1.50. The minimum absolute atomic E-state index is 0.0960. The molecule has 2 atom stereocenters. The van der Waals surface area contributed by atoms with E-state index in [1.165, 1.54) is 31.2 Å². The molecule has 2 unspecified atom stereocenters. The summed E-state index contributed by atoms with van der Waals surface area (Å²) in [6.07, 6.45) is -1.14. The first-order chi connectivity index (χ1) is 8.91. The van der Waals surface area contributed by atoms with Gasteiger partial charge in [0.1, 0.15) is 23.2 Å². The van der Waals surface area contributed by atoms with Crippen LogP contribution in [-0.4, -0.2) is 20.4 Å². The van der Waals surface area contributed by atoms with Gasteiger partial charge in [-0.25, -0.2) is 0 Å². The van der Waals surface area contributed by atoms with E-state index in [0.29, 0.717) is 11.1 Å². The van der Waals surface area contributed by atoms with Gasteiger partial charge in [-0.05, 0) is 42.3 Å². The molecule has 0 aliphatic carbocycles. The molecule has 4 N–H and O–H groups in total. The standard InChI is InChI=1S/C15H16O4/c1-15(19,11-4-8-13(17)9-5-11)14(18)10-2-6-12(16)7-3-10/h2-9,14,16-19H,1H3. The minimum atomic E-state index is -1.50. The molecule has 0 bridgehead atoms. The number of aromatic hydroxyl groups is 2. The van der Waals surface area contributed by atoms with Crippen LogP contribution in [-0.2, 0) is 5.60 Å². The lowest BCUT2D eigenvalue weighted by molar-refractivity contribution is -0.0690. The summed E-state index contributed by atoms with van der Waals surface area (Å²) in [7, 11) is 0. The fourth-order valence-corrected chi connectivity index (χ4v) is 1.94. The minimum Gasteiger partial charge on any atom is -0.508 e. The van der Waals surface area contributed by atoms with Crippen LogP contribution >= 0.6 is 0 Å². The molecule has 0 aromatic heterocycles. The Kier molecular flexibility index (Phi) is 3.46. The summed E-state index contributed by atoms with van der Waals surface area (Å²) >= 11 is 0.